The fourth-order valence-corrected chi connectivity index (χ4v) is 2.48. The molecule has 0 aliphatic heterocycles. The van der Waals surface area contributed by atoms with Crippen LogP contribution in [-0.2, 0) is 20.9 Å². The molecule has 150 valence electrons. The number of ether oxygens (including phenoxy) is 5. The van der Waals surface area contributed by atoms with Crippen molar-refractivity contribution < 1.29 is 37.7 Å². The van der Waals surface area contributed by atoms with Crippen LogP contribution in [0, 0.1) is 6.92 Å². The van der Waals surface area contributed by atoms with Gasteiger partial charge in [0.1, 0.15) is 23.7 Å². The first-order valence-corrected chi connectivity index (χ1v) is 8.26. The molecule has 0 amide bonds. The highest BCUT2D eigenvalue weighted by molar-refractivity contribution is 5.90. The Morgan fingerprint density at radius 3 is 2.18 bits per heavy atom. The number of aryl methyl sites for hydroxylation is 1. The summed E-state index contributed by atoms with van der Waals surface area (Å²) < 4.78 is 31.0. The van der Waals surface area contributed by atoms with Gasteiger partial charge in [0.25, 0.3) is 0 Å². The fraction of sp³-hybridized carbons (Fsp3) is 0.300. The van der Waals surface area contributed by atoms with Crippen molar-refractivity contribution in [2.24, 2.45) is 0 Å². The third kappa shape index (κ3) is 4.85. The lowest BCUT2D eigenvalue weighted by Crippen LogP contribution is -2.01. The number of methoxy groups -OCH3 is 4. The maximum atomic E-state index is 12.0. The molecule has 0 radical (unpaired) electrons. The standard InChI is InChI=1S/C20H22O8/c1-12-15(20(22)26-5)10-14(28-12)11-27-18(21)7-6-13-8-16(23-2)19(25-4)17(9-13)24-3/h6-10H,11H2,1-5H3/b7-6+. The number of rotatable bonds is 8. The van der Waals surface area contributed by atoms with Crippen molar-refractivity contribution in [3.8, 4) is 17.2 Å². The predicted octanol–water partition coefficient (Wildman–Crippen LogP) is 3.16. The van der Waals surface area contributed by atoms with Gasteiger partial charge in [0, 0.05) is 6.08 Å². The molecule has 0 atom stereocenters. The number of hydrogen-bond donors (Lipinski definition) is 0. The van der Waals surface area contributed by atoms with Gasteiger partial charge < -0.3 is 28.1 Å². The summed E-state index contributed by atoms with van der Waals surface area (Å²) in [7, 11) is 5.80. The average molecular weight is 390 g/mol. The summed E-state index contributed by atoms with van der Waals surface area (Å²) in [6.07, 6.45) is 2.82. The Bertz CT molecular complexity index is 853. The highest BCUT2D eigenvalue weighted by Gasteiger charge is 2.16. The zero-order valence-corrected chi connectivity index (χ0v) is 16.4. The lowest BCUT2D eigenvalue weighted by atomic mass is 10.1. The highest BCUT2D eigenvalue weighted by atomic mass is 16.5. The molecule has 1 aromatic heterocycles. The molecule has 0 aliphatic carbocycles. The van der Waals surface area contributed by atoms with E-state index in [2.05, 4.69) is 4.74 Å². The van der Waals surface area contributed by atoms with Crippen LogP contribution >= 0.6 is 0 Å². The van der Waals surface area contributed by atoms with Gasteiger partial charge in [0.05, 0.1) is 28.4 Å². The van der Waals surface area contributed by atoms with Crippen molar-refractivity contribution in [3.63, 3.8) is 0 Å². The number of carbonyl (C=O) groups excluding carboxylic acids is 2. The molecule has 0 spiro atoms. The van der Waals surface area contributed by atoms with E-state index >= 15 is 0 Å². The molecule has 28 heavy (non-hydrogen) atoms. The SMILES string of the molecule is COC(=O)c1cc(COC(=O)/C=C/c2cc(OC)c(OC)c(OC)c2)oc1C. The van der Waals surface area contributed by atoms with Crippen molar-refractivity contribution in [1.29, 1.82) is 0 Å². The van der Waals surface area contributed by atoms with Gasteiger partial charge >= 0.3 is 11.9 Å². The second kappa shape index (κ2) is 9.50. The number of hydrogen-bond acceptors (Lipinski definition) is 8. The van der Waals surface area contributed by atoms with Crippen LogP contribution in [0.3, 0.4) is 0 Å². The quantitative estimate of drug-likeness (QED) is 0.501. The van der Waals surface area contributed by atoms with Crippen molar-refractivity contribution in [2.45, 2.75) is 13.5 Å². The van der Waals surface area contributed by atoms with Crippen molar-refractivity contribution in [2.75, 3.05) is 28.4 Å². The molecule has 0 aliphatic rings. The van der Waals surface area contributed by atoms with Gasteiger partial charge in [-0.25, -0.2) is 9.59 Å². The van der Waals surface area contributed by atoms with Gasteiger partial charge in [-0.3, -0.25) is 0 Å². The molecule has 8 heteroatoms. The van der Waals surface area contributed by atoms with Gasteiger partial charge in [-0.2, -0.15) is 0 Å². The second-order valence-corrected chi connectivity index (χ2v) is 5.57. The van der Waals surface area contributed by atoms with E-state index in [1.165, 1.54) is 40.6 Å². The summed E-state index contributed by atoms with van der Waals surface area (Å²) in [5.74, 6) is 1.04. The number of esters is 2. The Balaban J connectivity index is 2.05. The molecule has 0 N–H and O–H groups in total. The topological polar surface area (TPSA) is 93.4 Å². The smallest absolute Gasteiger partial charge is 0.341 e. The van der Waals surface area contributed by atoms with E-state index in [0.29, 0.717) is 39.9 Å². The maximum absolute atomic E-state index is 12.0. The molecule has 1 aromatic carbocycles. The van der Waals surface area contributed by atoms with Crippen LogP contribution < -0.4 is 14.2 Å². The lowest BCUT2D eigenvalue weighted by molar-refractivity contribution is -0.139. The summed E-state index contributed by atoms with van der Waals surface area (Å²) in [5.41, 5.74) is 0.954. The van der Waals surface area contributed by atoms with E-state index in [9.17, 15) is 9.59 Å². The summed E-state index contributed by atoms with van der Waals surface area (Å²) in [4.78, 5) is 23.5. The van der Waals surface area contributed by atoms with Crippen LogP contribution in [-0.4, -0.2) is 40.4 Å². The van der Waals surface area contributed by atoms with Crippen LogP contribution in [0.1, 0.15) is 27.4 Å². The van der Waals surface area contributed by atoms with E-state index in [4.69, 9.17) is 23.4 Å². The van der Waals surface area contributed by atoms with Crippen LogP contribution in [0.2, 0.25) is 0 Å². The van der Waals surface area contributed by atoms with Crippen LogP contribution in [0.25, 0.3) is 6.08 Å². The maximum Gasteiger partial charge on any atom is 0.341 e. The molecule has 0 bridgehead atoms. The van der Waals surface area contributed by atoms with E-state index in [0.717, 1.165) is 0 Å². The van der Waals surface area contributed by atoms with Gasteiger partial charge in [-0.1, -0.05) is 0 Å². The van der Waals surface area contributed by atoms with Gasteiger partial charge in [-0.15, -0.1) is 0 Å². The fourth-order valence-electron chi connectivity index (χ4n) is 2.48. The van der Waals surface area contributed by atoms with Gasteiger partial charge in [-0.05, 0) is 36.8 Å². The van der Waals surface area contributed by atoms with Gasteiger partial charge in [0.15, 0.2) is 11.5 Å². The van der Waals surface area contributed by atoms with E-state index in [1.54, 1.807) is 25.1 Å². The zero-order chi connectivity index (χ0) is 20.7. The molecule has 1 heterocycles. The molecule has 0 unspecified atom stereocenters. The Labute approximate surface area is 162 Å². The Hall–Kier alpha value is -3.42. The summed E-state index contributed by atoms with van der Waals surface area (Å²) >= 11 is 0. The first kappa shape index (κ1) is 20.9. The average Bonchev–Trinajstić information content (AvgIpc) is 3.09. The second-order valence-electron chi connectivity index (χ2n) is 5.57. The minimum Gasteiger partial charge on any atom is -0.493 e. The molecular formula is C20H22O8. The van der Waals surface area contributed by atoms with Crippen molar-refractivity contribution in [1.82, 2.24) is 0 Å². The highest BCUT2D eigenvalue weighted by Crippen LogP contribution is 2.38. The van der Waals surface area contributed by atoms with Gasteiger partial charge in [0.2, 0.25) is 5.75 Å². The predicted molar refractivity (Wildman–Crippen MR) is 99.7 cm³/mol. The number of benzene rings is 1. The van der Waals surface area contributed by atoms with Crippen LogP contribution in [0.15, 0.2) is 28.7 Å². The van der Waals surface area contributed by atoms with Crippen LogP contribution in [0.4, 0.5) is 0 Å². The molecule has 2 aromatic rings. The summed E-state index contributed by atoms with van der Waals surface area (Å²) in [5, 5.41) is 0. The molecule has 2 rings (SSSR count). The third-order valence-electron chi connectivity index (χ3n) is 3.83. The molecule has 0 fully saturated rings. The van der Waals surface area contributed by atoms with Crippen LogP contribution in [0.5, 0.6) is 17.2 Å². The third-order valence-corrected chi connectivity index (χ3v) is 3.83. The van der Waals surface area contributed by atoms with E-state index < -0.39 is 11.9 Å². The molecule has 0 saturated carbocycles. The Morgan fingerprint density at radius 2 is 1.64 bits per heavy atom. The monoisotopic (exact) mass is 390 g/mol. The first-order valence-electron chi connectivity index (χ1n) is 8.26. The number of furan rings is 1. The number of carbonyl (C=O) groups is 2. The first-order chi connectivity index (χ1) is 13.4. The molecule has 0 saturated heterocycles. The summed E-state index contributed by atoms with van der Waals surface area (Å²) in [6.45, 7) is 1.51. The van der Waals surface area contributed by atoms with E-state index in [1.807, 2.05) is 0 Å². The Kier molecular flexibility index (Phi) is 7.08. The minimum atomic E-state index is -0.581. The molecular weight excluding hydrogens is 368 g/mol. The largest absolute Gasteiger partial charge is 0.493 e. The minimum absolute atomic E-state index is 0.115. The normalized spacial score (nSPS) is 10.6. The zero-order valence-electron chi connectivity index (χ0n) is 16.4. The Morgan fingerprint density at radius 1 is 1.00 bits per heavy atom. The summed E-state index contributed by atoms with van der Waals surface area (Å²) in [6, 6.07) is 4.88. The van der Waals surface area contributed by atoms with Crippen molar-refractivity contribution >= 4 is 18.0 Å². The molecule has 8 nitrogen and oxygen atoms in total. The lowest BCUT2D eigenvalue weighted by Gasteiger charge is -2.12. The van der Waals surface area contributed by atoms with Crippen molar-refractivity contribution in [3.05, 3.63) is 46.9 Å². The van der Waals surface area contributed by atoms with E-state index in [-0.39, 0.29) is 6.61 Å².